The summed E-state index contributed by atoms with van der Waals surface area (Å²) in [5, 5.41) is 3.04. The highest BCUT2D eigenvalue weighted by molar-refractivity contribution is 5.76. The van der Waals surface area contributed by atoms with Crippen molar-refractivity contribution in [2.45, 2.75) is 31.8 Å². The quantitative estimate of drug-likeness (QED) is 0.659. The Morgan fingerprint density at radius 1 is 0.862 bits per heavy atom. The zero-order valence-corrected chi connectivity index (χ0v) is 16.4. The molecule has 4 nitrogen and oxygen atoms in total. The molecule has 1 aliphatic heterocycles. The van der Waals surface area contributed by atoms with Gasteiger partial charge in [-0.05, 0) is 16.7 Å². The van der Waals surface area contributed by atoms with Gasteiger partial charge in [-0.3, -0.25) is 9.69 Å². The fourth-order valence-electron chi connectivity index (χ4n) is 3.76. The van der Waals surface area contributed by atoms with E-state index in [9.17, 15) is 4.79 Å². The second-order valence-electron chi connectivity index (χ2n) is 7.37. The number of ether oxygens (including phenoxy) is 1. The molecule has 3 aromatic carbocycles. The minimum Gasteiger partial charge on any atom is -0.357 e. The van der Waals surface area contributed by atoms with Gasteiger partial charge in [0, 0.05) is 25.6 Å². The Hall–Kier alpha value is -2.95. The third kappa shape index (κ3) is 5.11. The minimum absolute atomic E-state index is 0.0381. The van der Waals surface area contributed by atoms with E-state index in [4.69, 9.17) is 4.74 Å². The first-order valence-electron chi connectivity index (χ1n) is 10.1. The van der Waals surface area contributed by atoms with Crippen molar-refractivity contribution in [3.63, 3.8) is 0 Å². The van der Waals surface area contributed by atoms with E-state index in [0.717, 1.165) is 17.7 Å². The van der Waals surface area contributed by atoms with Crippen molar-refractivity contribution < 1.29 is 9.53 Å². The molecule has 29 heavy (non-hydrogen) atoms. The lowest BCUT2D eigenvalue weighted by atomic mass is 10.1. The SMILES string of the molecule is O=C(CC1COC(c2ccccc2)N1Cc1ccccc1)NCc1ccccc1. The third-order valence-electron chi connectivity index (χ3n) is 5.26. The van der Waals surface area contributed by atoms with Gasteiger partial charge in [-0.25, -0.2) is 0 Å². The van der Waals surface area contributed by atoms with Crippen LogP contribution in [0.4, 0.5) is 0 Å². The van der Waals surface area contributed by atoms with Gasteiger partial charge in [0.25, 0.3) is 0 Å². The molecule has 0 aromatic heterocycles. The highest BCUT2D eigenvalue weighted by Gasteiger charge is 2.36. The van der Waals surface area contributed by atoms with Crippen molar-refractivity contribution in [2.75, 3.05) is 6.61 Å². The van der Waals surface area contributed by atoms with E-state index in [0.29, 0.717) is 19.6 Å². The highest BCUT2D eigenvalue weighted by atomic mass is 16.5. The van der Waals surface area contributed by atoms with Gasteiger partial charge in [0.1, 0.15) is 6.23 Å². The molecule has 1 heterocycles. The Bertz CT molecular complexity index is 900. The van der Waals surface area contributed by atoms with Crippen LogP contribution in [0.5, 0.6) is 0 Å². The van der Waals surface area contributed by atoms with Crippen LogP contribution in [0.15, 0.2) is 91.0 Å². The van der Waals surface area contributed by atoms with Gasteiger partial charge in [-0.2, -0.15) is 0 Å². The summed E-state index contributed by atoms with van der Waals surface area (Å²) in [7, 11) is 0. The molecule has 0 aliphatic carbocycles. The molecular formula is C25H26N2O2. The van der Waals surface area contributed by atoms with Crippen molar-refractivity contribution >= 4 is 5.91 Å². The van der Waals surface area contributed by atoms with E-state index in [2.05, 4.69) is 34.5 Å². The summed E-state index contributed by atoms with van der Waals surface area (Å²) in [5.74, 6) is 0.0502. The number of nitrogens with zero attached hydrogens (tertiary/aromatic N) is 1. The van der Waals surface area contributed by atoms with Crippen molar-refractivity contribution in [3.8, 4) is 0 Å². The van der Waals surface area contributed by atoms with Crippen molar-refractivity contribution in [1.29, 1.82) is 0 Å². The number of rotatable bonds is 7. The van der Waals surface area contributed by atoms with E-state index in [1.54, 1.807) is 0 Å². The van der Waals surface area contributed by atoms with Crippen LogP contribution in [-0.2, 0) is 22.6 Å². The molecule has 0 saturated carbocycles. The summed E-state index contributed by atoms with van der Waals surface area (Å²) >= 11 is 0. The molecular weight excluding hydrogens is 360 g/mol. The molecule has 1 fully saturated rings. The molecule has 1 N–H and O–H groups in total. The maximum absolute atomic E-state index is 12.6. The van der Waals surface area contributed by atoms with Crippen LogP contribution < -0.4 is 5.32 Å². The first-order valence-corrected chi connectivity index (χ1v) is 10.1. The predicted molar refractivity (Wildman–Crippen MR) is 114 cm³/mol. The van der Waals surface area contributed by atoms with Crippen LogP contribution in [0, 0.1) is 0 Å². The first kappa shape index (κ1) is 19.4. The Labute approximate surface area is 172 Å². The lowest BCUT2D eigenvalue weighted by Gasteiger charge is -2.28. The second-order valence-corrected chi connectivity index (χ2v) is 7.37. The summed E-state index contributed by atoms with van der Waals surface area (Å²) < 4.78 is 6.15. The summed E-state index contributed by atoms with van der Waals surface area (Å²) in [6, 6.07) is 30.6. The molecule has 2 atom stereocenters. The van der Waals surface area contributed by atoms with Gasteiger partial charge < -0.3 is 10.1 Å². The predicted octanol–water partition coefficient (Wildman–Crippen LogP) is 4.29. The normalized spacial score (nSPS) is 19.2. The molecule has 2 unspecified atom stereocenters. The molecule has 148 valence electrons. The van der Waals surface area contributed by atoms with Crippen molar-refractivity contribution in [3.05, 3.63) is 108 Å². The van der Waals surface area contributed by atoms with Gasteiger partial charge in [0.15, 0.2) is 0 Å². The Morgan fingerprint density at radius 3 is 2.10 bits per heavy atom. The van der Waals surface area contributed by atoms with E-state index < -0.39 is 0 Å². The first-order chi connectivity index (χ1) is 14.3. The molecule has 1 aliphatic rings. The fraction of sp³-hybridized carbons (Fsp3) is 0.240. The van der Waals surface area contributed by atoms with Gasteiger partial charge in [0.05, 0.1) is 6.61 Å². The van der Waals surface area contributed by atoms with Crippen LogP contribution in [0.1, 0.15) is 29.3 Å². The molecule has 4 rings (SSSR count). The van der Waals surface area contributed by atoms with Crippen LogP contribution >= 0.6 is 0 Å². The Kier molecular flexibility index (Phi) is 6.35. The number of benzene rings is 3. The van der Waals surface area contributed by atoms with Gasteiger partial charge in [-0.1, -0.05) is 91.0 Å². The average molecular weight is 386 g/mol. The summed E-state index contributed by atoms with van der Waals surface area (Å²) in [6.07, 6.45) is 0.284. The van der Waals surface area contributed by atoms with Crippen molar-refractivity contribution in [1.82, 2.24) is 10.2 Å². The number of hydrogen-bond donors (Lipinski definition) is 1. The van der Waals surface area contributed by atoms with E-state index in [-0.39, 0.29) is 18.2 Å². The largest absolute Gasteiger partial charge is 0.357 e. The molecule has 0 bridgehead atoms. The van der Waals surface area contributed by atoms with Crippen molar-refractivity contribution in [2.24, 2.45) is 0 Å². The monoisotopic (exact) mass is 386 g/mol. The minimum atomic E-state index is -0.136. The molecule has 0 spiro atoms. The van der Waals surface area contributed by atoms with Gasteiger partial charge in [-0.15, -0.1) is 0 Å². The smallest absolute Gasteiger partial charge is 0.221 e. The van der Waals surface area contributed by atoms with Gasteiger partial charge >= 0.3 is 0 Å². The third-order valence-corrected chi connectivity index (χ3v) is 5.26. The number of hydrogen-bond acceptors (Lipinski definition) is 3. The Balaban J connectivity index is 1.45. The second kappa shape index (κ2) is 9.50. The summed E-state index contributed by atoms with van der Waals surface area (Å²) in [5.41, 5.74) is 3.44. The molecule has 3 aromatic rings. The van der Waals surface area contributed by atoms with Crippen LogP contribution in [0.25, 0.3) is 0 Å². The molecule has 0 radical (unpaired) electrons. The van der Waals surface area contributed by atoms with E-state index in [1.165, 1.54) is 5.56 Å². The van der Waals surface area contributed by atoms with E-state index >= 15 is 0 Å². The maximum Gasteiger partial charge on any atom is 0.221 e. The molecule has 1 saturated heterocycles. The van der Waals surface area contributed by atoms with Crippen LogP contribution in [0.2, 0.25) is 0 Å². The van der Waals surface area contributed by atoms with Crippen LogP contribution in [0.3, 0.4) is 0 Å². The maximum atomic E-state index is 12.6. The molecule has 1 amide bonds. The fourth-order valence-corrected chi connectivity index (χ4v) is 3.76. The number of carbonyl (C=O) groups excluding carboxylic acids is 1. The topological polar surface area (TPSA) is 41.6 Å². The lowest BCUT2D eigenvalue weighted by Crippen LogP contribution is -2.37. The Morgan fingerprint density at radius 2 is 1.45 bits per heavy atom. The summed E-state index contributed by atoms with van der Waals surface area (Å²) in [4.78, 5) is 14.9. The number of nitrogens with one attached hydrogen (secondary N) is 1. The lowest BCUT2D eigenvalue weighted by molar-refractivity contribution is -0.122. The average Bonchev–Trinajstić information content (AvgIpc) is 3.16. The molecule has 4 heteroatoms. The highest BCUT2D eigenvalue weighted by Crippen LogP contribution is 2.33. The van der Waals surface area contributed by atoms with Crippen LogP contribution in [-0.4, -0.2) is 23.5 Å². The van der Waals surface area contributed by atoms with Gasteiger partial charge in [0.2, 0.25) is 5.91 Å². The number of carbonyl (C=O) groups is 1. The van der Waals surface area contributed by atoms with E-state index in [1.807, 2.05) is 66.7 Å². The summed E-state index contributed by atoms with van der Waals surface area (Å²) in [6.45, 7) is 1.84. The standard InChI is InChI=1S/C25H26N2O2/c28-24(26-17-20-10-4-1-5-11-20)16-23-19-29-25(22-14-8-3-9-15-22)27(23)18-21-12-6-2-7-13-21/h1-15,23,25H,16-19H2,(H,26,28). The zero-order valence-electron chi connectivity index (χ0n) is 16.4. The zero-order chi connectivity index (χ0) is 19.9. The number of amides is 1.